The lowest BCUT2D eigenvalue weighted by Crippen LogP contribution is -2.23. The zero-order valence-corrected chi connectivity index (χ0v) is 12.4. The molecule has 20 heavy (non-hydrogen) atoms. The predicted octanol–water partition coefficient (Wildman–Crippen LogP) is 3.93. The zero-order chi connectivity index (χ0) is 13.5. The lowest BCUT2D eigenvalue weighted by atomic mass is 10.0. The molecule has 0 bridgehead atoms. The normalized spacial score (nSPS) is 19.4. The summed E-state index contributed by atoms with van der Waals surface area (Å²) < 4.78 is 12.5. The van der Waals surface area contributed by atoms with E-state index in [2.05, 4.69) is 45.5 Å². The van der Waals surface area contributed by atoms with Crippen LogP contribution in [-0.2, 0) is 6.42 Å². The highest BCUT2D eigenvalue weighted by Crippen LogP contribution is 2.37. The molecule has 0 saturated carbocycles. The number of benzene rings is 2. The monoisotopic (exact) mass is 331 g/mol. The smallest absolute Gasteiger partial charge is 0.142 e. The number of rotatable bonds is 1. The molecule has 4 heteroatoms. The summed E-state index contributed by atoms with van der Waals surface area (Å²) in [5, 5.41) is 3.55. The van der Waals surface area contributed by atoms with E-state index in [-0.39, 0.29) is 6.04 Å². The van der Waals surface area contributed by atoms with Crippen molar-refractivity contribution in [2.45, 2.75) is 12.5 Å². The molecule has 0 aromatic heterocycles. The summed E-state index contributed by atoms with van der Waals surface area (Å²) in [6.07, 6.45) is 0.999. The largest absolute Gasteiger partial charge is 0.493 e. The van der Waals surface area contributed by atoms with Crippen molar-refractivity contribution < 1.29 is 9.47 Å². The van der Waals surface area contributed by atoms with Gasteiger partial charge in [0.25, 0.3) is 0 Å². The molecule has 1 atom stereocenters. The van der Waals surface area contributed by atoms with Gasteiger partial charge in [0, 0.05) is 10.9 Å². The van der Waals surface area contributed by atoms with Crippen molar-refractivity contribution in [3.05, 3.63) is 52.0 Å². The molecule has 0 radical (unpaired) electrons. The molecule has 0 aliphatic carbocycles. The van der Waals surface area contributed by atoms with Gasteiger partial charge in [0.2, 0.25) is 0 Å². The first kappa shape index (κ1) is 12.1. The second kappa shape index (κ2) is 4.70. The fourth-order valence-corrected chi connectivity index (χ4v) is 3.11. The Labute approximate surface area is 126 Å². The van der Waals surface area contributed by atoms with Gasteiger partial charge in [-0.1, -0.05) is 22.0 Å². The molecule has 102 valence electrons. The van der Waals surface area contributed by atoms with Crippen LogP contribution in [0.5, 0.6) is 11.5 Å². The van der Waals surface area contributed by atoms with Gasteiger partial charge >= 0.3 is 0 Å². The van der Waals surface area contributed by atoms with Gasteiger partial charge < -0.3 is 14.8 Å². The van der Waals surface area contributed by atoms with Crippen LogP contribution >= 0.6 is 15.9 Å². The van der Waals surface area contributed by atoms with Gasteiger partial charge in [-0.25, -0.2) is 0 Å². The van der Waals surface area contributed by atoms with Crippen LogP contribution in [0.1, 0.15) is 17.2 Å². The maximum absolute atomic E-state index is 5.85. The molecular formula is C16H14BrNO2. The van der Waals surface area contributed by atoms with Crippen LogP contribution in [0.15, 0.2) is 40.9 Å². The fraction of sp³-hybridized carbons (Fsp3) is 0.250. The predicted molar refractivity (Wildman–Crippen MR) is 81.6 cm³/mol. The van der Waals surface area contributed by atoms with E-state index in [1.807, 2.05) is 12.1 Å². The van der Waals surface area contributed by atoms with E-state index in [9.17, 15) is 0 Å². The third-order valence-electron chi connectivity index (χ3n) is 3.79. The van der Waals surface area contributed by atoms with Crippen LogP contribution in [0.2, 0.25) is 0 Å². The van der Waals surface area contributed by atoms with Gasteiger partial charge in [0.1, 0.15) is 18.1 Å². The van der Waals surface area contributed by atoms with E-state index < -0.39 is 0 Å². The Bertz CT molecular complexity index is 672. The molecule has 0 fully saturated rings. The van der Waals surface area contributed by atoms with Gasteiger partial charge in [0.15, 0.2) is 0 Å². The first-order valence-corrected chi connectivity index (χ1v) is 7.53. The number of anilines is 1. The van der Waals surface area contributed by atoms with Crippen LogP contribution in [0, 0.1) is 0 Å². The van der Waals surface area contributed by atoms with Crippen molar-refractivity contribution in [2.75, 3.05) is 18.5 Å². The van der Waals surface area contributed by atoms with E-state index in [1.165, 1.54) is 11.1 Å². The highest BCUT2D eigenvalue weighted by atomic mass is 79.9. The summed E-state index contributed by atoms with van der Waals surface area (Å²) in [7, 11) is 0. The molecule has 1 unspecified atom stereocenters. The molecular weight excluding hydrogens is 318 g/mol. The number of ether oxygens (including phenoxy) is 2. The first-order chi connectivity index (χ1) is 9.79. The Morgan fingerprint density at radius 1 is 1.05 bits per heavy atom. The molecule has 1 N–H and O–H groups in total. The van der Waals surface area contributed by atoms with Gasteiger partial charge in [-0.2, -0.15) is 0 Å². The topological polar surface area (TPSA) is 30.5 Å². The van der Waals surface area contributed by atoms with Crippen LogP contribution in [0.4, 0.5) is 5.69 Å². The van der Waals surface area contributed by atoms with Crippen molar-refractivity contribution in [1.82, 2.24) is 0 Å². The van der Waals surface area contributed by atoms with Crippen LogP contribution in [-0.4, -0.2) is 13.2 Å². The molecule has 2 heterocycles. The van der Waals surface area contributed by atoms with Crippen molar-refractivity contribution in [3.8, 4) is 11.5 Å². The average molecular weight is 332 g/mol. The van der Waals surface area contributed by atoms with Crippen molar-refractivity contribution in [3.63, 3.8) is 0 Å². The summed E-state index contributed by atoms with van der Waals surface area (Å²) in [4.78, 5) is 0. The van der Waals surface area contributed by atoms with Crippen molar-refractivity contribution in [1.29, 1.82) is 0 Å². The number of halogens is 1. The van der Waals surface area contributed by atoms with E-state index in [0.717, 1.165) is 34.7 Å². The summed E-state index contributed by atoms with van der Waals surface area (Å²) in [6.45, 7) is 1.44. The Morgan fingerprint density at radius 3 is 2.90 bits per heavy atom. The van der Waals surface area contributed by atoms with Crippen LogP contribution < -0.4 is 14.8 Å². The minimum Gasteiger partial charge on any atom is -0.493 e. The molecule has 4 rings (SSSR count). The van der Waals surface area contributed by atoms with E-state index in [1.54, 1.807) is 0 Å². The molecule has 2 aromatic rings. The van der Waals surface area contributed by atoms with Crippen LogP contribution in [0.3, 0.4) is 0 Å². The second-order valence-electron chi connectivity index (χ2n) is 5.11. The highest BCUT2D eigenvalue weighted by molar-refractivity contribution is 9.10. The van der Waals surface area contributed by atoms with Gasteiger partial charge in [0.05, 0.1) is 18.3 Å². The second-order valence-corrected chi connectivity index (χ2v) is 6.03. The third kappa shape index (κ3) is 2.04. The SMILES string of the molecule is Brc1ccc2c(c1)NC(c1ccc3c(c1)CCO3)CO2. The van der Waals surface area contributed by atoms with E-state index in [4.69, 9.17) is 9.47 Å². The third-order valence-corrected chi connectivity index (χ3v) is 4.29. The minimum absolute atomic E-state index is 0.183. The van der Waals surface area contributed by atoms with Gasteiger partial charge in [-0.15, -0.1) is 0 Å². The number of hydrogen-bond donors (Lipinski definition) is 1. The molecule has 2 aliphatic rings. The van der Waals surface area contributed by atoms with E-state index >= 15 is 0 Å². The Balaban J connectivity index is 1.64. The average Bonchev–Trinajstić information content (AvgIpc) is 2.93. The summed E-state index contributed by atoms with van der Waals surface area (Å²) in [6, 6.07) is 12.6. The van der Waals surface area contributed by atoms with Crippen LogP contribution in [0.25, 0.3) is 0 Å². The highest BCUT2D eigenvalue weighted by Gasteiger charge is 2.22. The Kier molecular flexibility index (Phi) is 2.84. The molecule has 2 aliphatic heterocycles. The van der Waals surface area contributed by atoms with Gasteiger partial charge in [-0.05, 0) is 41.5 Å². The summed E-state index contributed by atoms with van der Waals surface area (Å²) >= 11 is 3.50. The lowest BCUT2D eigenvalue weighted by Gasteiger charge is -2.28. The summed E-state index contributed by atoms with van der Waals surface area (Å²) in [5.41, 5.74) is 3.58. The number of hydrogen-bond acceptors (Lipinski definition) is 3. The molecule has 3 nitrogen and oxygen atoms in total. The lowest BCUT2D eigenvalue weighted by molar-refractivity contribution is 0.286. The zero-order valence-electron chi connectivity index (χ0n) is 10.9. The summed E-state index contributed by atoms with van der Waals surface area (Å²) in [5.74, 6) is 1.93. The van der Waals surface area contributed by atoms with Crippen molar-refractivity contribution >= 4 is 21.6 Å². The first-order valence-electron chi connectivity index (χ1n) is 6.74. The van der Waals surface area contributed by atoms with Crippen molar-refractivity contribution in [2.24, 2.45) is 0 Å². The maximum atomic E-state index is 5.85. The fourth-order valence-electron chi connectivity index (χ4n) is 2.75. The molecule has 0 amide bonds. The van der Waals surface area contributed by atoms with Gasteiger partial charge in [-0.3, -0.25) is 0 Å². The maximum Gasteiger partial charge on any atom is 0.142 e. The quantitative estimate of drug-likeness (QED) is 0.858. The molecule has 0 saturated heterocycles. The number of fused-ring (bicyclic) bond motifs is 2. The minimum atomic E-state index is 0.183. The molecule has 0 spiro atoms. The Morgan fingerprint density at radius 2 is 1.95 bits per heavy atom. The van der Waals surface area contributed by atoms with E-state index in [0.29, 0.717) is 6.61 Å². The number of nitrogens with one attached hydrogen (secondary N) is 1. The standard InChI is InChI=1S/C16H14BrNO2/c17-12-2-4-16-13(8-12)18-14(9-20-16)10-1-3-15-11(7-10)5-6-19-15/h1-4,7-8,14,18H,5-6,9H2. The molecule has 2 aromatic carbocycles. The Hall–Kier alpha value is -1.68.